The third-order valence-corrected chi connectivity index (χ3v) is 21.5. The first kappa shape index (κ1) is 64.8. The highest BCUT2D eigenvalue weighted by atomic mass is 19.1. The Labute approximate surface area is 592 Å². The highest BCUT2D eigenvalue weighted by molar-refractivity contribution is 5.96. The third kappa shape index (κ3) is 12.0. The van der Waals surface area contributed by atoms with Gasteiger partial charge in [0.25, 0.3) is 0 Å². The van der Waals surface area contributed by atoms with E-state index in [1.165, 1.54) is 173 Å². The van der Waals surface area contributed by atoms with E-state index in [0.717, 1.165) is 62.0 Å². The van der Waals surface area contributed by atoms with Crippen molar-refractivity contribution < 1.29 is 31.6 Å². The number of benzene rings is 10. The molecule has 0 N–H and O–H groups in total. The minimum Gasteiger partial charge on any atom is -0.207 e. The normalized spacial score (nSPS) is 12.6. The summed E-state index contributed by atoms with van der Waals surface area (Å²) < 4.78 is 39.0. The number of aromatic nitrogens is 5. The number of nitrogens with zero attached hydrogens (tertiary/aromatic N) is 5. The molecule has 0 unspecified atom stereocenters. The van der Waals surface area contributed by atoms with Gasteiger partial charge >= 0.3 is 0 Å². The molecular formula is C94H86F2N5+5. The summed E-state index contributed by atoms with van der Waals surface area (Å²) in [7, 11) is 0. The van der Waals surface area contributed by atoms with Gasteiger partial charge in [0.1, 0.15) is 11.6 Å². The Kier molecular flexibility index (Phi) is 16.9. The van der Waals surface area contributed by atoms with Gasteiger partial charge in [-0.2, -0.15) is 22.8 Å². The van der Waals surface area contributed by atoms with Crippen LogP contribution in [0.5, 0.6) is 0 Å². The van der Waals surface area contributed by atoms with Crippen molar-refractivity contribution in [2.45, 2.75) is 121 Å². The van der Waals surface area contributed by atoms with Gasteiger partial charge in [-0.3, -0.25) is 0 Å². The summed E-state index contributed by atoms with van der Waals surface area (Å²) in [6.07, 6.45) is 6.68. The number of aryl methyl sites for hydroxylation is 6. The van der Waals surface area contributed by atoms with Crippen LogP contribution in [0.4, 0.5) is 8.78 Å². The van der Waals surface area contributed by atoms with Gasteiger partial charge in [0, 0.05) is 87.1 Å². The van der Waals surface area contributed by atoms with Crippen molar-refractivity contribution in [1.82, 2.24) is 0 Å². The average molecular weight is 1320 g/mol. The summed E-state index contributed by atoms with van der Waals surface area (Å²) in [6, 6.07) is 81.2. The predicted molar refractivity (Wildman–Crippen MR) is 409 cm³/mol. The molecule has 15 aromatic rings. The lowest BCUT2D eigenvalue weighted by Gasteiger charge is -2.07. The van der Waals surface area contributed by atoms with Gasteiger partial charge in [-0.25, -0.2) is 8.78 Å². The van der Waals surface area contributed by atoms with Crippen LogP contribution in [-0.4, -0.2) is 0 Å². The SMILES string of the molecule is CC(C)c1ccc2cc[n+]3c(c2c1)-c1ccccc1C3.CCc1ccc2c(c1)C[n+]1ccc3ccccc3c1-2.Cc1cc(C)c2c(c1)-c1ccc3c(F)cccc3[n+]1C2.Cc1cc(C)c2c(c1)-c1ccc3ccc(CC(C)C)cc3[n+]1C2.Cc1ccc2c(c1)-c1ccc3ccc(F)cc3[n+]1C2. The molecule has 5 aromatic heterocycles. The van der Waals surface area contributed by atoms with Gasteiger partial charge in [-0.15, -0.1) is 0 Å². The van der Waals surface area contributed by atoms with E-state index in [1.54, 1.807) is 12.1 Å². The second kappa shape index (κ2) is 26.3. The van der Waals surface area contributed by atoms with Crippen LogP contribution in [0.25, 0.3) is 111 Å². The molecule has 0 aliphatic carbocycles. The highest BCUT2D eigenvalue weighted by Gasteiger charge is 2.34. The zero-order valence-corrected chi connectivity index (χ0v) is 59.7. The number of hydrogen-bond donors (Lipinski definition) is 0. The first-order valence-corrected chi connectivity index (χ1v) is 36.1. The van der Waals surface area contributed by atoms with Crippen LogP contribution in [0, 0.1) is 52.2 Å². The number of hydrogen-bond acceptors (Lipinski definition) is 0. The maximum atomic E-state index is 13.9. The van der Waals surface area contributed by atoms with E-state index >= 15 is 0 Å². The van der Waals surface area contributed by atoms with Crippen LogP contribution < -0.4 is 22.8 Å². The zero-order chi connectivity index (χ0) is 69.5. The molecule has 10 heterocycles. The summed E-state index contributed by atoms with van der Waals surface area (Å²) in [5.41, 5.74) is 34.4. The fourth-order valence-electron chi connectivity index (χ4n) is 16.5. The summed E-state index contributed by atoms with van der Waals surface area (Å²) in [4.78, 5) is 0. The maximum absolute atomic E-state index is 13.9. The van der Waals surface area contributed by atoms with E-state index in [9.17, 15) is 8.78 Å². The van der Waals surface area contributed by atoms with Gasteiger partial charge in [0.05, 0.1) is 44.0 Å². The highest BCUT2D eigenvalue weighted by Crippen LogP contribution is 2.38. The summed E-state index contributed by atoms with van der Waals surface area (Å²) in [5, 5.41) is 8.49. The van der Waals surface area contributed by atoms with Crippen LogP contribution in [0.1, 0.15) is 113 Å². The Morgan fingerprint density at radius 2 is 0.931 bits per heavy atom. The number of halogens is 2. The van der Waals surface area contributed by atoms with E-state index in [0.29, 0.717) is 17.2 Å². The average Bonchev–Trinajstić information content (AvgIpc) is 1.59. The zero-order valence-electron chi connectivity index (χ0n) is 59.7. The van der Waals surface area contributed by atoms with Crippen molar-refractivity contribution in [2.24, 2.45) is 5.92 Å². The largest absolute Gasteiger partial charge is 0.221 e. The molecule has 5 nitrogen and oxygen atoms in total. The van der Waals surface area contributed by atoms with Gasteiger partial charge < -0.3 is 0 Å². The Hall–Kier alpha value is -10.9. The maximum Gasteiger partial charge on any atom is 0.221 e. The second-order valence-corrected chi connectivity index (χ2v) is 29.3. The molecule has 10 aromatic carbocycles. The lowest BCUT2D eigenvalue weighted by Crippen LogP contribution is -2.33. The first-order chi connectivity index (χ1) is 49.0. The number of pyridine rings is 5. The Morgan fingerprint density at radius 1 is 0.366 bits per heavy atom. The fourth-order valence-corrected chi connectivity index (χ4v) is 16.5. The molecule has 0 bridgehead atoms. The first-order valence-electron chi connectivity index (χ1n) is 36.1. The molecule has 496 valence electrons. The smallest absolute Gasteiger partial charge is 0.207 e. The van der Waals surface area contributed by atoms with E-state index in [4.69, 9.17) is 0 Å². The predicted octanol–water partition coefficient (Wildman–Crippen LogP) is 20.5. The summed E-state index contributed by atoms with van der Waals surface area (Å²) >= 11 is 0. The quantitative estimate of drug-likeness (QED) is 0.157. The Morgan fingerprint density at radius 3 is 1.64 bits per heavy atom. The third-order valence-electron chi connectivity index (χ3n) is 21.5. The Balaban J connectivity index is 0.0000000981. The molecule has 5 aliphatic heterocycles. The van der Waals surface area contributed by atoms with Gasteiger partial charge in [0.2, 0.25) is 45.0 Å². The van der Waals surface area contributed by atoms with Crippen molar-refractivity contribution in [3.63, 3.8) is 0 Å². The van der Waals surface area contributed by atoms with E-state index in [-0.39, 0.29) is 11.6 Å². The molecule has 0 radical (unpaired) electrons. The fraction of sp³-hybridized carbons (Fsp3) is 0.202. The van der Waals surface area contributed by atoms with Crippen LogP contribution >= 0.6 is 0 Å². The molecule has 0 amide bonds. The Bertz CT molecular complexity index is 5880. The van der Waals surface area contributed by atoms with Crippen molar-refractivity contribution >= 4 is 54.3 Å². The van der Waals surface area contributed by atoms with Crippen LogP contribution in [0.3, 0.4) is 0 Å². The number of fused-ring (bicyclic) bond motifs is 25. The molecule has 0 saturated heterocycles. The molecule has 101 heavy (non-hydrogen) atoms. The van der Waals surface area contributed by atoms with Crippen molar-refractivity contribution in [3.05, 3.63) is 327 Å². The van der Waals surface area contributed by atoms with Gasteiger partial charge in [-0.05, 0) is 200 Å². The minimum atomic E-state index is -0.180. The van der Waals surface area contributed by atoms with Crippen LogP contribution in [-0.2, 0) is 45.6 Å². The topological polar surface area (TPSA) is 19.4 Å². The van der Waals surface area contributed by atoms with Crippen molar-refractivity contribution in [1.29, 1.82) is 0 Å². The van der Waals surface area contributed by atoms with Crippen molar-refractivity contribution in [3.8, 4) is 56.3 Å². The molecule has 0 atom stereocenters. The van der Waals surface area contributed by atoms with Crippen molar-refractivity contribution in [2.75, 3.05) is 0 Å². The molecule has 0 saturated carbocycles. The second-order valence-electron chi connectivity index (χ2n) is 29.3. The summed E-state index contributed by atoms with van der Waals surface area (Å²) in [5.74, 6) is 0.926. The molecule has 7 heteroatoms. The van der Waals surface area contributed by atoms with Gasteiger partial charge in [-0.1, -0.05) is 131 Å². The molecule has 20 rings (SSSR count). The lowest BCUT2D eigenvalue weighted by molar-refractivity contribution is -0.671. The van der Waals surface area contributed by atoms with Gasteiger partial charge in [0.15, 0.2) is 45.1 Å². The summed E-state index contributed by atoms with van der Waals surface area (Å²) in [6.45, 7) is 26.8. The van der Waals surface area contributed by atoms with E-state index in [1.807, 2.05) is 24.3 Å². The molecule has 5 aliphatic rings. The molecular weight excluding hydrogens is 1240 g/mol. The minimum absolute atomic E-state index is 0.151. The molecule has 0 fully saturated rings. The van der Waals surface area contributed by atoms with E-state index < -0.39 is 0 Å². The monoisotopic (exact) mass is 1320 g/mol. The molecule has 0 spiro atoms. The standard InChI is InChI=1S/C22H24N.C19H18N.C18H15FN.C18H16N.C17H13FN/c1-14(2)9-17-5-6-18-7-8-21-19-11-15(3)10-16(4)20(19)13-23(21)22(18)12-17;1-13(2)15-8-7-14-9-10-20-12-16-5-3-4-6-17(16)19(20)18(14)11-15;1-11-8-12(2)15-10-20-17-5-3-4-16(19)13(17)6-7-18(20)14(15)9-11;1-2-13-7-8-17-15(11-13)12-19-10-9-14-5-3-4-6-16(14)18(17)19;1-11-2-3-13-10-19-16(15(13)8-11)7-5-12-4-6-14(18)9-17(12)19/h5-8,10-12,14H,9,13H2,1-4H3;3-11,13H,12H2,1-2H3;3-9H,10H2,1-2H3;3-11H,2,12H2,1H3;2-9H,10H2,1H3/q5*+1. The lowest BCUT2D eigenvalue weighted by atomic mass is 9.97. The number of rotatable bonds is 4. The van der Waals surface area contributed by atoms with Crippen LogP contribution in [0.2, 0.25) is 0 Å². The van der Waals surface area contributed by atoms with E-state index in [2.05, 4.69) is 286 Å². The van der Waals surface area contributed by atoms with Crippen LogP contribution in [0.15, 0.2) is 243 Å².